The molecule has 2 heterocycles. The number of alkyl halides is 3. The van der Waals surface area contributed by atoms with Crippen molar-refractivity contribution in [2.45, 2.75) is 12.8 Å². The molecular weight excluding hydrogens is 353 g/mol. The number of aromatic nitrogens is 2. The maximum Gasteiger partial charge on any atom is 0.573 e. The van der Waals surface area contributed by atoms with E-state index in [1.165, 1.54) is 12.1 Å². The number of nitrogens with zero attached hydrogens (tertiary/aromatic N) is 3. The largest absolute Gasteiger partial charge is 0.573 e. The van der Waals surface area contributed by atoms with Crippen LogP contribution in [0.1, 0.15) is 5.69 Å². The summed E-state index contributed by atoms with van der Waals surface area (Å²) in [7, 11) is 1.87. The molecule has 0 spiro atoms. The van der Waals surface area contributed by atoms with E-state index in [0.29, 0.717) is 5.92 Å². The van der Waals surface area contributed by atoms with Crippen LogP contribution in [0.5, 0.6) is 5.75 Å². The van der Waals surface area contributed by atoms with Crippen molar-refractivity contribution in [3.63, 3.8) is 0 Å². The van der Waals surface area contributed by atoms with E-state index >= 15 is 0 Å². The summed E-state index contributed by atoms with van der Waals surface area (Å²) in [4.78, 5) is 2.09. The van der Waals surface area contributed by atoms with Gasteiger partial charge in [0, 0.05) is 32.0 Å². The van der Waals surface area contributed by atoms with Crippen molar-refractivity contribution in [2.24, 2.45) is 13.0 Å². The number of ether oxygens (including phenoxy) is 1. The summed E-state index contributed by atoms with van der Waals surface area (Å²) in [5.41, 5.74) is 2.81. The molecule has 0 saturated carbocycles. The molecule has 1 aliphatic heterocycles. The average Bonchev–Trinajstić information content (AvgIpc) is 2.91. The Balaban J connectivity index is 1.84. The van der Waals surface area contributed by atoms with Crippen LogP contribution in [0.3, 0.4) is 0 Å². The van der Waals surface area contributed by atoms with Gasteiger partial charge in [0.15, 0.2) is 0 Å². The van der Waals surface area contributed by atoms with Gasteiger partial charge in [0.1, 0.15) is 5.75 Å². The van der Waals surface area contributed by atoms with Gasteiger partial charge >= 0.3 is 6.36 Å². The molecule has 0 saturated heterocycles. The Labute approximate surface area is 148 Å². The molecule has 0 fully saturated rings. The highest BCUT2D eigenvalue weighted by Gasteiger charge is 2.31. The first kappa shape index (κ1) is 17.9. The normalized spacial score (nSPS) is 17.5. The highest BCUT2D eigenvalue weighted by molar-refractivity contribution is 7.96. The summed E-state index contributed by atoms with van der Waals surface area (Å²) in [6.07, 6.45) is 0.104. The molecule has 0 radical (unpaired) electrons. The van der Waals surface area contributed by atoms with E-state index in [1.807, 2.05) is 19.5 Å². The highest BCUT2D eigenvalue weighted by atomic mass is 32.2. The number of hydrogen-bond donors (Lipinski definition) is 1. The third kappa shape index (κ3) is 4.40. The Morgan fingerprint density at radius 2 is 2.04 bits per heavy atom. The lowest BCUT2D eigenvalue weighted by Gasteiger charge is -2.33. The topological polar surface area (TPSA) is 42.3 Å². The van der Waals surface area contributed by atoms with Crippen LogP contribution in [-0.4, -0.2) is 35.5 Å². The number of anilines is 2. The molecule has 2 aromatic rings. The van der Waals surface area contributed by atoms with Crippen LogP contribution in [0.2, 0.25) is 0 Å². The zero-order valence-electron chi connectivity index (χ0n) is 13.9. The molecule has 1 aromatic heterocycles. The summed E-state index contributed by atoms with van der Waals surface area (Å²) in [5.74, 6) is 0.140. The molecule has 1 aromatic carbocycles. The minimum Gasteiger partial charge on any atom is -0.406 e. The molecule has 136 valence electrons. The lowest BCUT2D eigenvalue weighted by atomic mass is 9.97. The van der Waals surface area contributed by atoms with Crippen molar-refractivity contribution in [1.29, 1.82) is 0 Å². The molecule has 25 heavy (non-hydrogen) atoms. The fraction of sp³-hybridized carbons (Fsp3) is 0.438. The van der Waals surface area contributed by atoms with Gasteiger partial charge in [0.25, 0.3) is 0 Å². The summed E-state index contributed by atoms with van der Waals surface area (Å²) >= 11 is 1.57. The fourth-order valence-corrected chi connectivity index (χ4v) is 3.40. The third-order valence-electron chi connectivity index (χ3n) is 4.00. The summed E-state index contributed by atoms with van der Waals surface area (Å²) < 4.78 is 45.9. The van der Waals surface area contributed by atoms with Crippen molar-refractivity contribution in [3.8, 4) is 5.75 Å². The van der Waals surface area contributed by atoms with Crippen molar-refractivity contribution in [2.75, 3.05) is 24.2 Å². The van der Waals surface area contributed by atoms with Crippen molar-refractivity contribution < 1.29 is 17.9 Å². The van der Waals surface area contributed by atoms with E-state index in [0.717, 1.165) is 36.6 Å². The van der Waals surface area contributed by atoms with Crippen LogP contribution in [0.15, 0.2) is 30.5 Å². The number of halogens is 3. The standard InChI is InChI=1S/C16H19F3N4OS/c1-22-10-15-14(21-22)7-11(8-20-25-2)9-23(15)12-3-5-13(6-4-12)24-16(17,18)19/h3-6,10-11,20H,7-9H2,1-2H3. The maximum atomic E-state index is 12.3. The SMILES string of the molecule is CSNCC1Cc2nn(C)cc2N(c2ccc(OC(F)(F)F)cc2)C1. The summed E-state index contributed by atoms with van der Waals surface area (Å²) in [6.45, 7) is 1.61. The van der Waals surface area contributed by atoms with Crippen molar-refractivity contribution in [3.05, 3.63) is 36.2 Å². The van der Waals surface area contributed by atoms with Gasteiger partial charge in [-0.1, -0.05) is 11.9 Å². The van der Waals surface area contributed by atoms with Gasteiger partial charge in [-0.2, -0.15) is 5.10 Å². The molecular formula is C16H19F3N4OS. The minimum absolute atomic E-state index is 0.222. The van der Waals surface area contributed by atoms with E-state index in [2.05, 4.69) is 19.5 Å². The molecule has 0 bridgehead atoms. The molecule has 0 amide bonds. The lowest BCUT2D eigenvalue weighted by molar-refractivity contribution is -0.274. The van der Waals surface area contributed by atoms with Crippen LogP contribution in [0.4, 0.5) is 24.5 Å². The van der Waals surface area contributed by atoms with E-state index in [9.17, 15) is 13.2 Å². The molecule has 3 rings (SSSR count). The van der Waals surface area contributed by atoms with E-state index in [1.54, 1.807) is 28.8 Å². The quantitative estimate of drug-likeness (QED) is 0.814. The fourth-order valence-electron chi connectivity index (χ4n) is 3.00. The molecule has 1 N–H and O–H groups in total. The Morgan fingerprint density at radius 3 is 2.68 bits per heavy atom. The summed E-state index contributed by atoms with van der Waals surface area (Å²) in [5, 5.41) is 4.52. The monoisotopic (exact) mass is 372 g/mol. The molecule has 1 aliphatic rings. The van der Waals surface area contributed by atoms with Gasteiger partial charge in [-0.25, -0.2) is 0 Å². The summed E-state index contributed by atoms with van der Waals surface area (Å²) in [6, 6.07) is 5.95. The first-order valence-electron chi connectivity index (χ1n) is 7.77. The molecule has 1 unspecified atom stereocenters. The van der Waals surface area contributed by atoms with Gasteiger partial charge in [-0.15, -0.1) is 13.2 Å². The second kappa shape index (κ2) is 7.17. The maximum absolute atomic E-state index is 12.3. The van der Waals surface area contributed by atoms with Gasteiger partial charge in [-0.3, -0.25) is 9.40 Å². The highest BCUT2D eigenvalue weighted by Crippen LogP contribution is 2.35. The molecule has 5 nitrogen and oxygen atoms in total. The van der Waals surface area contributed by atoms with Gasteiger partial charge < -0.3 is 9.64 Å². The van der Waals surface area contributed by atoms with E-state index in [-0.39, 0.29) is 5.75 Å². The molecule has 1 atom stereocenters. The van der Waals surface area contributed by atoms with Crippen LogP contribution in [0, 0.1) is 5.92 Å². The predicted molar refractivity (Wildman–Crippen MR) is 92.1 cm³/mol. The first-order chi connectivity index (χ1) is 11.9. The second-order valence-electron chi connectivity index (χ2n) is 5.91. The minimum atomic E-state index is -4.68. The van der Waals surface area contributed by atoms with E-state index in [4.69, 9.17) is 0 Å². The zero-order chi connectivity index (χ0) is 18.0. The van der Waals surface area contributed by atoms with Crippen LogP contribution in [-0.2, 0) is 13.5 Å². The number of fused-ring (bicyclic) bond motifs is 1. The Morgan fingerprint density at radius 1 is 1.32 bits per heavy atom. The average molecular weight is 372 g/mol. The van der Waals surface area contributed by atoms with Gasteiger partial charge in [0.2, 0.25) is 0 Å². The number of hydrogen-bond acceptors (Lipinski definition) is 5. The number of aryl methyl sites for hydroxylation is 1. The Hall–Kier alpha value is -1.87. The first-order valence-corrected chi connectivity index (χ1v) is 9.00. The zero-order valence-corrected chi connectivity index (χ0v) is 14.7. The second-order valence-corrected chi connectivity index (χ2v) is 6.61. The molecule has 0 aliphatic carbocycles. The lowest BCUT2D eigenvalue weighted by Crippen LogP contribution is -2.35. The molecule has 9 heteroatoms. The van der Waals surface area contributed by atoms with E-state index < -0.39 is 6.36 Å². The van der Waals surface area contributed by atoms with Gasteiger partial charge in [0.05, 0.1) is 11.4 Å². The van der Waals surface area contributed by atoms with Crippen LogP contribution < -0.4 is 14.4 Å². The van der Waals surface area contributed by atoms with Gasteiger partial charge in [-0.05, 0) is 42.9 Å². The number of benzene rings is 1. The Bertz CT molecular complexity index is 717. The van der Waals surface area contributed by atoms with Crippen LogP contribution in [0.25, 0.3) is 0 Å². The number of nitrogens with one attached hydrogen (secondary N) is 1. The third-order valence-corrected chi connectivity index (χ3v) is 4.45. The van der Waals surface area contributed by atoms with Crippen LogP contribution >= 0.6 is 11.9 Å². The number of rotatable bonds is 5. The Kier molecular flexibility index (Phi) is 5.14. The predicted octanol–water partition coefficient (Wildman–Crippen LogP) is 3.50. The van der Waals surface area contributed by atoms with Crippen molar-refractivity contribution >= 4 is 23.3 Å². The smallest absolute Gasteiger partial charge is 0.406 e. The van der Waals surface area contributed by atoms with Crippen molar-refractivity contribution in [1.82, 2.24) is 14.5 Å².